The van der Waals surface area contributed by atoms with E-state index in [2.05, 4.69) is 5.32 Å². The number of nitrogens with one attached hydrogen (secondary N) is 1. The van der Waals surface area contributed by atoms with E-state index < -0.39 is 53.2 Å². The number of aliphatic hydroxyl groups is 1. The molecule has 3 aromatic rings. The third kappa shape index (κ3) is 6.28. The Morgan fingerprint density at radius 2 is 1.79 bits per heavy atom. The zero-order chi connectivity index (χ0) is 27.4. The van der Waals surface area contributed by atoms with E-state index in [1.165, 1.54) is 36.5 Å². The fourth-order valence-corrected chi connectivity index (χ4v) is 4.62. The molecule has 1 aliphatic rings. The van der Waals surface area contributed by atoms with Crippen molar-refractivity contribution in [3.8, 4) is 0 Å². The van der Waals surface area contributed by atoms with Gasteiger partial charge in [0.05, 0.1) is 30.7 Å². The van der Waals surface area contributed by atoms with Gasteiger partial charge in [0.15, 0.2) is 5.78 Å². The molecule has 198 valence electrons. The molecule has 2 N–H and O–H groups in total. The summed E-state index contributed by atoms with van der Waals surface area (Å²) in [5.74, 6) is -3.91. The van der Waals surface area contributed by atoms with E-state index in [9.17, 15) is 33.1 Å². The minimum Gasteiger partial charge on any atom is -0.391 e. The number of amides is 1. The van der Waals surface area contributed by atoms with Crippen LogP contribution in [0.2, 0.25) is 0 Å². The van der Waals surface area contributed by atoms with Crippen molar-refractivity contribution < 1.29 is 28.3 Å². The van der Waals surface area contributed by atoms with Gasteiger partial charge in [-0.3, -0.25) is 19.2 Å². The average molecular weight is 523 g/mol. The number of rotatable bonds is 9. The molecule has 38 heavy (non-hydrogen) atoms. The largest absolute Gasteiger partial charge is 0.391 e. The van der Waals surface area contributed by atoms with E-state index >= 15 is 0 Å². The number of aliphatic hydroxyl groups excluding tert-OH is 1. The first-order valence-corrected chi connectivity index (χ1v) is 12.4. The van der Waals surface area contributed by atoms with Crippen LogP contribution in [0.3, 0.4) is 0 Å². The Labute approximate surface area is 218 Å². The van der Waals surface area contributed by atoms with Crippen LogP contribution >= 0.6 is 0 Å². The summed E-state index contributed by atoms with van der Waals surface area (Å²) in [6, 6.07) is 11.3. The first kappa shape index (κ1) is 27.1. The van der Waals surface area contributed by atoms with E-state index in [1.807, 2.05) is 0 Å². The molecule has 0 radical (unpaired) electrons. The van der Waals surface area contributed by atoms with Crippen LogP contribution in [0.4, 0.5) is 8.78 Å². The molecular formula is C29H28F2N2O5. The molecule has 0 bridgehead atoms. The van der Waals surface area contributed by atoms with E-state index in [4.69, 9.17) is 0 Å². The predicted octanol–water partition coefficient (Wildman–Crippen LogP) is 3.25. The highest BCUT2D eigenvalue weighted by atomic mass is 19.1. The standard InChI is InChI=1S/C29H28F2N2O5/c1-17-9-10-19(23(31)11-17)12-18-13-21(29(38)33(15-18)16-20-5-2-3-6-22(20)30)26(35)14-27(36)28(37)32-24-7-4-8-25(24)34/h2-3,5-6,9-11,13,15,24-25,34H,4,7-8,12,14,16H2,1H3,(H,32,37). The molecule has 0 saturated heterocycles. The Kier molecular flexibility index (Phi) is 8.26. The zero-order valence-electron chi connectivity index (χ0n) is 20.9. The SMILES string of the molecule is Cc1ccc(Cc2cc(C(=O)CC(=O)C(=O)NC3CCCC3O)c(=O)n(Cc3ccccc3F)c2)c(F)c1. The van der Waals surface area contributed by atoms with Gasteiger partial charge in [0.2, 0.25) is 5.78 Å². The lowest BCUT2D eigenvalue weighted by Crippen LogP contribution is -2.43. The summed E-state index contributed by atoms with van der Waals surface area (Å²) in [6.45, 7) is 1.56. The molecular weight excluding hydrogens is 494 g/mol. The molecule has 9 heteroatoms. The summed E-state index contributed by atoms with van der Waals surface area (Å²) in [7, 11) is 0. The first-order chi connectivity index (χ1) is 18.1. The van der Waals surface area contributed by atoms with Gasteiger partial charge in [-0.1, -0.05) is 30.3 Å². The third-order valence-electron chi connectivity index (χ3n) is 6.72. The minimum absolute atomic E-state index is 0.0396. The smallest absolute Gasteiger partial charge is 0.288 e. The number of halogens is 2. The summed E-state index contributed by atoms with van der Waals surface area (Å²) in [5, 5.41) is 12.3. The number of benzene rings is 2. The van der Waals surface area contributed by atoms with Gasteiger partial charge in [-0.15, -0.1) is 0 Å². The summed E-state index contributed by atoms with van der Waals surface area (Å²) < 4.78 is 30.0. The highest BCUT2D eigenvalue weighted by molar-refractivity contribution is 6.40. The summed E-state index contributed by atoms with van der Waals surface area (Å²) in [6.07, 6.45) is 1.59. The Hall–Kier alpha value is -3.98. The molecule has 0 aliphatic heterocycles. The Bertz CT molecular complexity index is 1450. The van der Waals surface area contributed by atoms with Gasteiger partial charge >= 0.3 is 0 Å². The molecule has 7 nitrogen and oxygen atoms in total. The van der Waals surface area contributed by atoms with Crippen molar-refractivity contribution in [3.05, 3.63) is 105 Å². The fourth-order valence-electron chi connectivity index (χ4n) is 4.62. The number of Topliss-reactive ketones (excluding diaryl/α,β-unsaturated/α-hetero) is 2. The van der Waals surface area contributed by atoms with Gasteiger partial charge in [-0.05, 0) is 61.1 Å². The van der Waals surface area contributed by atoms with E-state index in [1.54, 1.807) is 25.1 Å². The van der Waals surface area contributed by atoms with Crippen molar-refractivity contribution in [2.75, 3.05) is 0 Å². The van der Waals surface area contributed by atoms with Gasteiger partial charge in [0.25, 0.3) is 11.5 Å². The van der Waals surface area contributed by atoms with Crippen LogP contribution in [0.25, 0.3) is 0 Å². The summed E-state index contributed by atoms with van der Waals surface area (Å²) in [5.41, 5.74) is 0.554. The third-order valence-corrected chi connectivity index (χ3v) is 6.72. The Balaban J connectivity index is 1.63. The van der Waals surface area contributed by atoms with Crippen LogP contribution in [0.1, 0.15) is 58.3 Å². The monoisotopic (exact) mass is 522 g/mol. The molecule has 1 aliphatic carbocycles. The highest BCUT2D eigenvalue weighted by Crippen LogP contribution is 2.19. The number of carbonyl (C=O) groups is 3. The molecule has 1 fully saturated rings. The Morgan fingerprint density at radius 3 is 2.47 bits per heavy atom. The molecule has 1 heterocycles. The predicted molar refractivity (Wildman–Crippen MR) is 136 cm³/mol. The molecule has 0 spiro atoms. The van der Waals surface area contributed by atoms with Crippen LogP contribution in [0.5, 0.6) is 0 Å². The molecule has 1 aromatic heterocycles. The topological polar surface area (TPSA) is 105 Å². The summed E-state index contributed by atoms with van der Waals surface area (Å²) in [4.78, 5) is 51.1. The van der Waals surface area contributed by atoms with E-state index in [-0.39, 0.29) is 24.1 Å². The van der Waals surface area contributed by atoms with Crippen molar-refractivity contribution in [1.29, 1.82) is 0 Å². The second-order valence-electron chi connectivity index (χ2n) is 9.66. The number of hydrogen-bond acceptors (Lipinski definition) is 5. The van der Waals surface area contributed by atoms with Crippen molar-refractivity contribution in [3.63, 3.8) is 0 Å². The molecule has 1 amide bonds. The molecule has 2 aromatic carbocycles. The number of carbonyl (C=O) groups excluding carboxylic acids is 3. The molecule has 4 rings (SSSR count). The van der Waals surface area contributed by atoms with Gasteiger partial charge in [0.1, 0.15) is 11.6 Å². The van der Waals surface area contributed by atoms with Crippen molar-refractivity contribution in [2.45, 2.75) is 57.7 Å². The van der Waals surface area contributed by atoms with Gasteiger partial charge < -0.3 is 15.0 Å². The normalized spacial score (nSPS) is 16.8. The zero-order valence-corrected chi connectivity index (χ0v) is 20.9. The van der Waals surface area contributed by atoms with Crippen molar-refractivity contribution in [1.82, 2.24) is 9.88 Å². The van der Waals surface area contributed by atoms with Crippen LogP contribution in [-0.2, 0) is 22.6 Å². The number of pyridine rings is 1. The molecule has 1 saturated carbocycles. The number of ketones is 2. The van der Waals surface area contributed by atoms with Crippen LogP contribution < -0.4 is 10.9 Å². The van der Waals surface area contributed by atoms with Crippen molar-refractivity contribution >= 4 is 17.5 Å². The quantitative estimate of drug-likeness (QED) is 0.255. The van der Waals surface area contributed by atoms with Crippen LogP contribution in [-0.4, -0.2) is 39.3 Å². The number of aromatic nitrogens is 1. The number of hydrogen-bond donors (Lipinski definition) is 2. The molecule has 2 atom stereocenters. The highest BCUT2D eigenvalue weighted by Gasteiger charge is 2.30. The lowest BCUT2D eigenvalue weighted by atomic mass is 10.00. The number of aryl methyl sites for hydroxylation is 1. The van der Waals surface area contributed by atoms with Gasteiger partial charge in [-0.25, -0.2) is 8.78 Å². The maximum atomic E-state index is 14.5. The minimum atomic E-state index is -1.04. The van der Waals surface area contributed by atoms with Crippen LogP contribution in [0, 0.1) is 18.6 Å². The van der Waals surface area contributed by atoms with Crippen LogP contribution in [0.15, 0.2) is 59.5 Å². The Morgan fingerprint density at radius 1 is 1.03 bits per heavy atom. The second-order valence-corrected chi connectivity index (χ2v) is 9.66. The van der Waals surface area contributed by atoms with E-state index in [0.29, 0.717) is 30.4 Å². The molecule has 2 unspecified atom stereocenters. The van der Waals surface area contributed by atoms with Gasteiger partial charge in [0, 0.05) is 18.2 Å². The summed E-state index contributed by atoms with van der Waals surface area (Å²) >= 11 is 0. The van der Waals surface area contributed by atoms with Crippen molar-refractivity contribution in [2.24, 2.45) is 0 Å². The fraction of sp³-hybridized carbons (Fsp3) is 0.310. The maximum Gasteiger partial charge on any atom is 0.288 e. The average Bonchev–Trinajstić information content (AvgIpc) is 3.27. The van der Waals surface area contributed by atoms with E-state index in [0.717, 1.165) is 10.1 Å². The number of nitrogens with zero attached hydrogens (tertiary/aromatic N) is 1. The maximum absolute atomic E-state index is 14.5. The lowest BCUT2D eigenvalue weighted by Gasteiger charge is -2.15. The second kappa shape index (κ2) is 11.6. The van der Waals surface area contributed by atoms with Gasteiger partial charge in [-0.2, -0.15) is 0 Å². The lowest BCUT2D eigenvalue weighted by molar-refractivity contribution is -0.138. The first-order valence-electron chi connectivity index (χ1n) is 12.4.